The maximum atomic E-state index is 12.5. The molecule has 3 rings (SSSR count). The lowest BCUT2D eigenvalue weighted by molar-refractivity contribution is -0.917. The molecule has 0 radical (unpaired) electrons. The van der Waals surface area contributed by atoms with Crippen molar-refractivity contribution in [3.05, 3.63) is 58.0 Å². The average molecular weight is 374 g/mol. The molecule has 1 saturated heterocycles. The van der Waals surface area contributed by atoms with Crippen LogP contribution in [-0.2, 0) is 17.8 Å². The Morgan fingerprint density at radius 2 is 2.00 bits per heavy atom. The maximum absolute atomic E-state index is 12.5. The topological polar surface area (TPSA) is 70.5 Å². The van der Waals surface area contributed by atoms with Crippen molar-refractivity contribution in [1.29, 1.82) is 0 Å². The van der Waals surface area contributed by atoms with E-state index in [1.165, 1.54) is 28.3 Å². The predicted octanol–water partition coefficient (Wildman–Crippen LogP) is 0.352. The van der Waals surface area contributed by atoms with Crippen LogP contribution in [0.1, 0.15) is 18.2 Å². The van der Waals surface area contributed by atoms with Crippen molar-refractivity contribution in [2.45, 2.75) is 25.0 Å². The lowest BCUT2D eigenvalue weighted by atomic mass is 10.2. The second kappa shape index (κ2) is 9.00. The van der Waals surface area contributed by atoms with Gasteiger partial charge in [-0.05, 0) is 6.42 Å². The van der Waals surface area contributed by atoms with Gasteiger partial charge in [-0.15, -0.1) is 0 Å². The minimum absolute atomic E-state index is 0.110. The molecule has 0 spiro atoms. The van der Waals surface area contributed by atoms with Crippen LogP contribution < -0.4 is 10.5 Å². The van der Waals surface area contributed by atoms with E-state index in [2.05, 4.69) is 34.2 Å². The number of carbonyl (C=O) groups excluding carboxylic acids is 1. The van der Waals surface area contributed by atoms with Crippen LogP contribution in [0.15, 0.2) is 46.3 Å². The minimum atomic E-state index is -0.162. The number of hydrogen-bond acceptors (Lipinski definition) is 4. The first-order valence-corrected chi connectivity index (χ1v) is 10.0. The number of aryl methyl sites for hydroxylation is 1. The van der Waals surface area contributed by atoms with Gasteiger partial charge in [0.1, 0.15) is 6.54 Å². The van der Waals surface area contributed by atoms with E-state index < -0.39 is 0 Å². The summed E-state index contributed by atoms with van der Waals surface area (Å²) in [5, 5.41) is 0.524. The van der Waals surface area contributed by atoms with Crippen LogP contribution in [0, 0.1) is 0 Å². The standard InChI is InChI=1S/C19H24N4O2S/c1-2-16-12-17(24)21-19(20-16)26-14-18(25)23-10-8-22(9-11-23)13-15-6-4-3-5-7-15/h3-7,12H,2,8-11,13-14H2,1H3,(H,20,21,24)/p+1. The lowest BCUT2D eigenvalue weighted by Gasteiger charge is -2.32. The number of quaternary nitrogens is 1. The molecule has 0 atom stereocenters. The fourth-order valence-electron chi connectivity index (χ4n) is 3.09. The average Bonchev–Trinajstić information content (AvgIpc) is 2.67. The third kappa shape index (κ3) is 5.19. The molecule has 1 aliphatic rings. The highest BCUT2D eigenvalue weighted by molar-refractivity contribution is 7.99. The molecule has 1 aromatic carbocycles. The van der Waals surface area contributed by atoms with Gasteiger partial charge in [0.05, 0.1) is 31.9 Å². The third-order valence-electron chi connectivity index (χ3n) is 4.59. The van der Waals surface area contributed by atoms with E-state index in [0.29, 0.717) is 17.3 Å². The first-order chi connectivity index (χ1) is 12.6. The van der Waals surface area contributed by atoms with Crippen LogP contribution in [-0.4, -0.2) is 52.7 Å². The SMILES string of the molecule is CCc1cc(=O)[nH]c(SCC(=O)N2CC[NH+](Cc3ccccc3)CC2)n1. The van der Waals surface area contributed by atoms with Gasteiger partial charge in [-0.3, -0.25) is 9.59 Å². The van der Waals surface area contributed by atoms with Crippen molar-refractivity contribution in [3.8, 4) is 0 Å². The number of H-pyrrole nitrogens is 1. The smallest absolute Gasteiger partial charge is 0.251 e. The Bertz CT molecular complexity index is 786. The summed E-state index contributed by atoms with van der Waals surface area (Å²) in [6.45, 7) is 6.45. The van der Waals surface area contributed by atoms with E-state index in [-0.39, 0.29) is 11.5 Å². The van der Waals surface area contributed by atoms with Gasteiger partial charge in [0.2, 0.25) is 5.91 Å². The number of benzene rings is 1. The van der Waals surface area contributed by atoms with Crippen LogP contribution in [0.2, 0.25) is 0 Å². The molecular weight excluding hydrogens is 348 g/mol. The van der Waals surface area contributed by atoms with Crippen molar-refractivity contribution in [2.75, 3.05) is 31.9 Å². The summed E-state index contributed by atoms with van der Waals surface area (Å²) < 4.78 is 0. The molecule has 2 heterocycles. The summed E-state index contributed by atoms with van der Waals surface area (Å²) in [5.41, 5.74) is 1.93. The number of rotatable bonds is 6. The number of nitrogens with one attached hydrogen (secondary N) is 2. The molecule has 2 N–H and O–H groups in total. The summed E-state index contributed by atoms with van der Waals surface area (Å²) in [7, 11) is 0. The van der Waals surface area contributed by atoms with E-state index in [1.807, 2.05) is 17.9 Å². The van der Waals surface area contributed by atoms with E-state index >= 15 is 0 Å². The second-order valence-electron chi connectivity index (χ2n) is 6.48. The van der Waals surface area contributed by atoms with Crippen LogP contribution in [0.3, 0.4) is 0 Å². The van der Waals surface area contributed by atoms with Gasteiger partial charge >= 0.3 is 0 Å². The molecule has 6 nitrogen and oxygen atoms in total. The highest BCUT2D eigenvalue weighted by atomic mass is 32.2. The van der Waals surface area contributed by atoms with Crippen molar-refractivity contribution < 1.29 is 9.69 Å². The van der Waals surface area contributed by atoms with Gasteiger partial charge in [0.25, 0.3) is 5.56 Å². The number of hydrogen-bond donors (Lipinski definition) is 2. The number of nitrogens with zero attached hydrogens (tertiary/aromatic N) is 2. The van der Waals surface area contributed by atoms with Crippen molar-refractivity contribution in [1.82, 2.24) is 14.9 Å². The number of amides is 1. The van der Waals surface area contributed by atoms with Crippen LogP contribution in [0.25, 0.3) is 0 Å². The van der Waals surface area contributed by atoms with E-state index in [4.69, 9.17) is 0 Å². The summed E-state index contributed by atoms with van der Waals surface area (Å²) in [6.07, 6.45) is 0.706. The molecule has 2 aromatic rings. The molecule has 1 aliphatic heterocycles. The summed E-state index contributed by atoms with van der Waals surface area (Å²) in [6, 6.07) is 12.0. The number of piperazine rings is 1. The zero-order valence-electron chi connectivity index (χ0n) is 15.0. The zero-order valence-corrected chi connectivity index (χ0v) is 15.8. The number of aromatic amines is 1. The van der Waals surface area contributed by atoms with Gasteiger partial charge in [-0.25, -0.2) is 4.98 Å². The molecule has 0 saturated carbocycles. The zero-order chi connectivity index (χ0) is 18.4. The largest absolute Gasteiger partial charge is 0.331 e. The highest BCUT2D eigenvalue weighted by Gasteiger charge is 2.23. The Morgan fingerprint density at radius 1 is 1.27 bits per heavy atom. The van der Waals surface area contributed by atoms with Crippen molar-refractivity contribution >= 4 is 17.7 Å². The second-order valence-corrected chi connectivity index (χ2v) is 7.44. The van der Waals surface area contributed by atoms with Crippen LogP contribution in [0.5, 0.6) is 0 Å². The van der Waals surface area contributed by atoms with Gasteiger partial charge < -0.3 is 14.8 Å². The first-order valence-electron chi connectivity index (χ1n) is 9.02. The lowest BCUT2D eigenvalue weighted by Crippen LogP contribution is -3.13. The number of aromatic nitrogens is 2. The molecule has 0 aliphatic carbocycles. The normalized spacial score (nSPS) is 15.2. The molecular formula is C19H25N4O2S+. The predicted molar refractivity (Wildman–Crippen MR) is 102 cm³/mol. The Kier molecular flexibility index (Phi) is 6.46. The molecule has 7 heteroatoms. The minimum Gasteiger partial charge on any atom is -0.331 e. The monoisotopic (exact) mass is 373 g/mol. The molecule has 0 bridgehead atoms. The van der Waals surface area contributed by atoms with Crippen molar-refractivity contribution in [2.24, 2.45) is 0 Å². The van der Waals surface area contributed by atoms with Gasteiger partial charge in [-0.2, -0.15) is 0 Å². The fraction of sp³-hybridized carbons (Fsp3) is 0.421. The van der Waals surface area contributed by atoms with Gasteiger partial charge in [0, 0.05) is 17.3 Å². The number of carbonyl (C=O) groups is 1. The Labute approximate surface area is 157 Å². The quantitative estimate of drug-likeness (QED) is 0.566. The van der Waals surface area contributed by atoms with Crippen LogP contribution >= 0.6 is 11.8 Å². The summed E-state index contributed by atoms with van der Waals surface area (Å²) in [4.78, 5) is 34.5. The summed E-state index contributed by atoms with van der Waals surface area (Å²) in [5.74, 6) is 0.419. The van der Waals surface area contributed by atoms with E-state index in [9.17, 15) is 9.59 Å². The molecule has 138 valence electrons. The highest BCUT2D eigenvalue weighted by Crippen LogP contribution is 2.12. The fourth-order valence-corrected chi connectivity index (χ4v) is 3.89. The number of thioether (sulfide) groups is 1. The van der Waals surface area contributed by atoms with Gasteiger partial charge in [-0.1, -0.05) is 49.0 Å². The summed E-state index contributed by atoms with van der Waals surface area (Å²) >= 11 is 1.30. The molecule has 0 unspecified atom stereocenters. The molecule has 26 heavy (non-hydrogen) atoms. The van der Waals surface area contributed by atoms with Crippen LogP contribution in [0.4, 0.5) is 0 Å². The third-order valence-corrected chi connectivity index (χ3v) is 5.45. The maximum Gasteiger partial charge on any atom is 0.251 e. The Balaban J connectivity index is 1.46. The first kappa shape index (κ1) is 18.7. The van der Waals surface area contributed by atoms with Crippen molar-refractivity contribution in [3.63, 3.8) is 0 Å². The molecule has 1 amide bonds. The Morgan fingerprint density at radius 3 is 2.69 bits per heavy atom. The Hall–Kier alpha value is -2.12. The van der Waals surface area contributed by atoms with E-state index in [0.717, 1.165) is 38.4 Å². The van der Waals surface area contributed by atoms with E-state index in [1.54, 1.807) is 0 Å². The van der Waals surface area contributed by atoms with Gasteiger partial charge in [0.15, 0.2) is 5.16 Å². The molecule has 1 aromatic heterocycles. The molecule has 1 fully saturated rings.